The zero-order chi connectivity index (χ0) is 21.2. The van der Waals surface area contributed by atoms with Crippen LogP contribution in [0.1, 0.15) is 30.0 Å². The molecular weight excluding hydrogens is 411 g/mol. The Balaban J connectivity index is 0.000000298. The van der Waals surface area contributed by atoms with Gasteiger partial charge in [0.1, 0.15) is 0 Å². The van der Waals surface area contributed by atoms with E-state index in [1.807, 2.05) is 6.92 Å². The van der Waals surface area contributed by atoms with Crippen molar-refractivity contribution in [2.45, 2.75) is 51.1 Å². The number of hydrogen-bond donors (Lipinski definition) is 2. The number of likely N-dealkylation sites (tertiary alicyclic amines) is 1. The van der Waals surface area contributed by atoms with Crippen molar-refractivity contribution in [3.05, 3.63) is 16.1 Å². The molecule has 2 aliphatic heterocycles. The fourth-order valence-corrected chi connectivity index (χ4v) is 4.31. The second-order valence-electron chi connectivity index (χ2n) is 7.61. The van der Waals surface area contributed by atoms with Gasteiger partial charge in [-0.2, -0.15) is 13.2 Å². The summed E-state index contributed by atoms with van der Waals surface area (Å²) in [6.07, 6.45) is -1.56. The molecule has 2 N–H and O–H groups in total. The largest absolute Gasteiger partial charge is 0.490 e. The number of piperidine rings is 1. The molecule has 1 amide bonds. The molecule has 4 rings (SSSR count). The Hall–Kier alpha value is -1.72. The van der Waals surface area contributed by atoms with Crippen LogP contribution < -0.4 is 5.32 Å². The smallest absolute Gasteiger partial charge is 0.475 e. The third-order valence-corrected chi connectivity index (χ3v) is 6.05. The van der Waals surface area contributed by atoms with Gasteiger partial charge < -0.3 is 15.2 Å². The molecule has 1 aliphatic carbocycles. The highest BCUT2D eigenvalue weighted by molar-refractivity contribution is 7.09. The van der Waals surface area contributed by atoms with Gasteiger partial charge in [-0.15, -0.1) is 11.3 Å². The summed E-state index contributed by atoms with van der Waals surface area (Å²) in [7, 11) is 0. The van der Waals surface area contributed by atoms with Crippen LogP contribution in [0.3, 0.4) is 0 Å². The zero-order valence-electron chi connectivity index (χ0n) is 15.9. The van der Waals surface area contributed by atoms with Crippen molar-refractivity contribution in [3.63, 3.8) is 0 Å². The lowest BCUT2D eigenvalue weighted by Crippen LogP contribution is -2.52. The van der Waals surface area contributed by atoms with Crippen LogP contribution in [0, 0.1) is 18.8 Å². The molecule has 0 bridgehead atoms. The van der Waals surface area contributed by atoms with E-state index >= 15 is 0 Å². The fraction of sp³-hybridized carbons (Fsp3) is 0.722. The SMILES string of the molecule is Cc1nc(CN2C[C@H](C(=O)NC3CC3)[C@@H]3CCO[C@@H]3C2)cs1.O=C(O)C(F)(F)F. The number of nitrogens with one attached hydrogen (secondary N) is 1. The average Bonchev–Trinajstić information content (AvgIpc) is 3.15. The number of hydrogen-bond acceptors (Lipinski definition) is 6. The summed E-state index contributed by atoms with van der Waals surface area (Å²) >= 11 is 1.69. The molecule has 3 fully saturated rings. The van der Waals surface area contributed by atoms with Gasteiger partial charge in [-0.25, -0.2) is 9.78 Å². The number of aromatic nitrogens is 1. The first-order valence-electron chi connectivity index (χ1n) is 9.49. The number of aliphatic carboxylic acids is 1. The predicted molar refractivity (Wildman–Crippen MR) is 98.3 cm³/mol. The maximum atomic E-state index is 12.6. The number of rotatable bonds is 4. The highest BCUT2D eigenvalue weighted by Gasteiger charge is 2.44. The number of nitrogens with zero attached hydrogens (tertiary/aromatic N) is 2. The zero-order valence-corrected chi connectivity index (χ0v) is 16.8. The van der Waals surface area contributed by atoms with Gasteiger partial charge in [-0.05, 0) is 26.2 Å². The maximum absolute atomic E-state index is 12.6. The van der Waals surface area contributed by atoms with Crippen LogP contribution in [0.4, 0.5) is 13.2 Å². The summed E-state index contributed by atoms with van der Waals surface area (Å²) < 4.78 is 37.6. The molecule has 0 unspecified atom stereocenters. The van der Waals surface area contributed by atoms with Crippen molar-refractivity contribution in [1.82, 2.24) is 15.2 Å². The highest BCUT2D eigenvalue weighted by Crippen LogP contribution is 2.35. The predicted octanol–water partition coefficient (Wildman–Crippen LogP) is 2.20. The Morgan fingerprint density at radius 3 is 2.59 bits per heavy atom. The molecule has 0 aromatic carbocycles. The number of amides is 1. The molecule has 0 spiro atoms. The third kappa shape index (κ3) is 6.13. The monoisotopic (exact) mass is 435 g/mol. The van der Waals surface area contributed by atoms with E-state index in [0.717, 1.165) is 56.2 Å². The van der Waals surface area contributed by atoms with E-state index in [2.05, 4.69) is 20.6 Å². The molecule has 3 atom stereocenters. The number of carbonyl (C=O) groups excluding carboxylic acids is 1. The van der Waals surface area contributed by atoms with Crippen LogP contribution in [0.15, 0.2) is 5.38 Å². The maximum Gasteiger partial charge on any atom is 0.490 e. The number of halogens is 3. The first-order valence-corrected chi connectivity index (χ1v) is 10.4. The van der Waals surface area contributed by atoms with Crippen molar-refractivity contribution in [2.24, 2.45) is 11.8 Å². The van der Waals surface area contributed by atoms with Crippen molar-refractivity contribution in [2.75, 3.05) is 19.7 Å². The first kappa shape index (κ1) is 22.0. The second kappa shape index (κ2) is 8.97. The molecule has 0 radical (unpaired) electrons. The molecule has 29 heavy (non-hydrogen) atoms. The van der Waals surface area contributed by atoms with Crippen LogP contribution >= 0.6 is 11.3 Å². The molecule has 1 aromatic heterocycles. The van der Waals surface area contributed by atoms with Crippen molar-refractivity contribution in [1.29, 1.82) is 0 Å². The summed E-state index contributed by atoms with van der Waals surface area (Å²) in [6.45, 7) is 5.41. The van der Waals surface area contributed by atoms with E-state index in [9.17, 15) is 18.0 Å². The molecule has 2 saturated heterocycles. The normalized spacial score (nSPS) is 27.0. The lowest BCUT2D eigenvalue weighted by molar-refractivity contribution is -0.192. The van der Waals surface area contributed by atoms with E-state index in [-0.39, 0.29) is 17.9 Å². The van der Waals surface area contributed by atoms with Gasteiger partial charge in [0.2, 0.25) is 5.91 Å². The average molecular weight is 435 g/mol. The minimum atomic E-state index is -5.08. The number of carboxylic acids is 1. The molecule has 11 heteroatoms. The molecule has 7 nitrogen and oxygen atoms in total. The lowest BCUT2D eigenvalue weighted by atomic mass is 9.82. The number of aryl methyl sites for hydroxylation is 1. The van der Waals surface area contributed by atoms with E-state index in [0.29, 0.717) is 12.0 Å². The van der Waals surface area contributed by atoms with Crippen molar-refractivity contribution < 1.29 is 32.6 Å². The van der Waals surface area contributed by atoms with Gasteiger partial charge in [0, 0.05) is 43.6 Å². The van der Waals surface area contributed by atoms with Crippen LogP contribution in [-0.2, 0) is 20.9 Å². The molecule has 3 heterocycles. The number of ether oxygens (including phenoxy) is 1. The number of carboxylic acid groups (broad SMARTS) is 1. The van der Waals surface area contributed by atoms with Gasteiger partial charge >= 0.3 is 12.1 Å². The van der Waals surface area contributed by atoms with Crippen LogP contribution in [0.5, 0.6) is 0 Å². The van der Waals surface area contributed by atoms with E-state index in [1.165, 1.54) is 0 Å². The number of alkyl halides is 3. The van der Waals surface area contributed by atoms with E-state index in [1.54, 1.807) is 11.3 Å². The first-order chi connectivity index (χ1) is 13.6. The third-order valence-electron chi connectivity index (χ3n) is 5.23. The topological polar surface area (TPSA) is 91.8 Å². The summed E-state index contributed by atoms with van der Waals surface area (Å²) in [4.78, 5) is 28.4. The van der Waals surface area contributed by atoms with Crippen molar-refractivity contribution in [3.8, 4) is 0 Å². The summed E-state index contributed by atoms with van der Waals surface area (Å²) in [5.41, 5.74) is 1.11. The van der Waals surface area contributed by atoms with Gasteiger partial charge in [-0.3, -0.25) is 9.69 Å². The molecular formula is C18H24F3N3O4S. The van der Waals surface area contributed by atoms with E-state index < -0.39 is 12.1 Å². The van der Waals surface area contributed by atoms with Gasteiger partial charge in [0.15, 0.2) is 0 Å². The van der Waals surface area contributed by atoms with Crippen LogP contribution in [-0.4, -0.2) is 64.9 Å². The Labute approximate surface area is 170 Å². The minimum Gasteiger partial charge on any atom is -0.475 e. The van der Waals surface area contributed by atoms with Crippen LogP contribution in [0.25, 0.3) is 0 Å². The fourth-order valence-electron chi connectivity index (χ4n) is 3.71. The van der Waals surface area contributed by atoms with Gasteiger partial charge in [-0.1, -0.05) is 0 Å². The van der Waals surface area contributed by atoms with Gasteiger partial charge in [0.05, 0.1) is 22.7 Å². The molecule has 1 saturated carbocycles. The number of fused-ring (bicyclic) bond motifs is 1. The lowest BCUT2D eigenvalue weighted by Gasteiger charge is -2.39. The Morgan fingerprint density at radius 2 is 2.03 bits per heavy atom. The molecule has 3 aliphatic rings. The number of carbonyl (C=O) groups is 2. The second-order valence-corrected chi connectivity index (χ2v) is 8.67. The standard InChI is InChI=1S/C16H23N3O2S.C2HF3O2/c1-10-17-12(9-22-10)6-19-7-14(16(20)18-11-2-3-11)13-4-5-21-15(13)8-19;3-2(4,5)1(6)7/h9,11,13-15H,2-8H2,1H3,(H,18,20);(H,6,7)/t13-,14-,15+;/m0./s1. The Morgan fingerprint density at radius 1 is 1.34 bits per heavy atom. The number of thiazole rings is 1. The molecule has 162 valence electrons. The summed E-state index contributed by atoms with van der Waals surface area (Å²) in [5, 5.41) is 13.5. The minimum absolute atomic E-state index is 0.0709. The molecule has 1 aromatic rings. The van der Waals surface area contributed by atoms with Crippen molar-refractivity contribution >= 4 is 23.2 Å². The Kier molecular flexibility index (Phi) is 6.79. The van der Waals surface area contributed by atoms with Gasteiger partial charge in [0.25, 0.3) is 0 Å². The summed E-state index contributed by atoms with van der Waals surface area (Å²) in [5.74, 6) is -2.05. The highest BCUT2D eigenvalue weighted by atomic mass is 32.1. The summed E-state index contributed by atoms with van der Waals surface area (Å²) in [6, 6.07) is 0.435. The Bertz CT molecular complexity index is 738. The van der Waals surface area contributed by atoms with Crippen LogP contribution in [0.2, 0.25) is 0 Å². The quantitative estimate of drug-likeness (QED) is 0.754. The van der Waals surface area contributed by atoms with E-state index in [4.69, 9.17) is 14.6 Å².